The van der Waals surface area contributed by atoms with Crippen molar-refractivity contribution in [2.75, 3.05) is 43.1 Å². The highest BCUT2D eigenvalue weighted by Crippen LogP contribution is 2.40. The second-order valence-electron chi connectivity index (χ2n) is 11.4. The van der Waals surface area contributed by atoms with Crippen LogP contribution in [0.25, 0.3) is 10.8 Å². The number of benzene rings is 2. The fourth-order valence-corrected chi connectivity index (χ4v) is 5.62. The van der Waals surface area contributed by atoms with Crippen LogP contribution in [0, 0.1) is 5.41 Å². The van der Waals surface area contributed by atoms with Gasteiger partial charge in [0.25, 0.3) is 5.56 Å². The molecule has 0 N–H and O–H groups in total. The Hall–Kier alpha value is -4.50. The van der Waals surface area contributed by atoms with Gasteiger partial charge in [0.15, 0.2) is 0 Å². The van der Waals surface area contributed by atoms with Crippen molar-refractivity contribution >= 4 is 34.0 Å². The second kappa shape index (κ2) is 12.8. The van der Waals surface area contributed by atoms with E-state index in [9.17, 15) is 14.4 Å². The predicted molar refractivity (Wildman–Crippen MR) is 169 cm³/mol. The first-order chi connectivity index (χ1) is 20.7. The van der Waals surface area contributed by atoms with Gasteiger partial charge in [0.2, 0.25) is 11.8 Å². The maximum absolute atomic E-state index is 13.2. The van der Waals surface area contributed by atoms with Crippen LogP contribution in [-0.2, 0) is 22.7 Å². The van der Waals surface area contributed by atoms with Crippen molar-refractivity contribution in [1.29, 1.82) is 0 Å². The van der Waals surface area contributed by atoms with Crippen LogP contribution in [0.3, 0.4) is 0 Å². The number of pyridine rings is 2. The molecule has 9 heteroatoms. The number of nitrogens with zero attached hydrogens (tertiary/aromatic N) is 5. The van der Waals surface area contributed by atoms with Crippen LogP contribution in [-0.4, -0.2) is 59.6 Å². The van der Waals surface area contributed by atoms with E-state index in [1.54, 1.807) is 41.5 Å². The van der Waals surface area contributed by atoms with Gasteiger partial charge in [-0.15, -0.1) is 0 Å². The van der Waals surface area contributed by atoms with E-state index in [2.05, 4.69) is 16.0 Å². The van der Waals surface area contributed by atoms with Crippen LogP contribution in [0.5, 0.6) is 5.75 Å². The van der Waals surface area contributed by atoms with Gasteiger partial charge in [-0.25, -0.2) is 0 Å². The summed E-state index contributed by atoms with van der Waals surface area (Å²) >= 11 is 0. The first-order valence-electron chi connectivity index (χ1n) is 14.8. The third kappa shape index (κ3) is 6.32. The Bertz CT molecular complexity index is 1670. The average molecular weight is 582 g/mol. The molecular formula is C34H39N5O4. The third-order valence-electron chi connectivity index (χ3n) is 8.09. The van der Waals surface area contributed by atoms with E-state index in [4.69, 9.17) is 4.74 Å². The molecule has 0 saturated carbocycles. The van der Waals surface area contributed by atoms with Crippen LogP contribution in [0.1, 0.15) is 32.8 Å². The van der Waals surface area contributed by atoms with Crippen LogP contribution in [0.15, 0.2) is 84.0 Å². The van der Waals surface area contributed by atoms with Gasteiger partial charge in [0.05, 0.1) is 18.0 Å². The third-order valence-corrected chi connectivity index (χ3v) is 8.09. The molecule has 0 atom stereocenters. The zero-order valence-corrected chi connectivity index (χ0v) is 25.3. The number of anilines is 2. The summed E-state index contributed by atoms with van der Waals surface area (Å²) in [5.74, 6) is 0.186. The van der Waals surface area contributed by atoms with Gasteiger partial charge in [-0.3, -0.25) is 24.3 Å². The Labute approximate surface area is 252 Å². The maximum atomic E-state index is 13.2. The molecule has 0 unspecified atom stereocenters. The fourth-order valence-electron chi connectivity index (χ4n) is 5.62. The minimum absolute atomic E-state index is 0.0150. The molecule has 43 heavy (non-hydrogen) atoms. The normalized spacial score (nSPS) is 14.7. The van der Waals surface area contributed by atoms with Crippen molar-refractivity contribution in [3.8, 4) is 5.75 Å². The van der Waals surface area contributed by atoms with Crippen LogP contribution in [0.2, 0.25) is 0 Å². The molecule has 9 nitrogen and oxygen atoms in total. The van der Waals surface area contributed by atoms with Crippen LogP contribution in [0.4, 0.5) is 11.4 Å². The first kappa shape index (κ1) is 30.0. The summed E-state index contributed by atoms with van der Waals surface area (Å²) in [7, 11) is 1.70. The van der Waals surface area contributed by atoms with Gasteiger partial charge in [-0.2, -0.15) is 0 Å². The number of carbonyl (C=O) groups excluding carboxylic acids is 2. The van der Waals surface area contributed by atoms with Crippen molar-refractivity contribution in [3.05, 3.63) is 95.2 Å². The number of carbonyl (C=O) groups is 2. The number of rotatable bonds is 11. The zero-order chi connectivity index (χ0) is 30.6. The summed E-state index contributed by atoms with van der Waals surface area (Å²) in [5, 5.41) is 1.67. The van der Waals surface area contributed by atoms with Gasteiger partial charge in [-0.1, -0.05) is 24.3 Å². The van der Waals surface area contributed by atoms with Crippen LogP contribution >= 0.6 is 0 Å². The fraction of sp³-hybridized carbons (Fsp3) is 0.353. The van der Waals surface area contributed by atoms with Gasteiger partial charge < -0.3 is 19.1 Å². The maximum Gasteiger partial charge on any atom is 0.258 e. The quantitative estimate of drug-likeness (QED) is 0.188. The molecule has 0 spiro atoms. The molecule has 2 amide bonds. The van der Waals surface area contributed by atoms with Crippen molar-refractivity contribution in [2.24, 2.45) is 5.41 Å². The SMILES string of the molecule is CCN1C(=O)C(C)(C)C(=O)N(C)c2cc(OCCCN(CCn3ccc4ccccc4c3=O)Cc3cccnc3)ccc21. The van der Waals surface area contributed by atoms with E-state index >= 15 is 0 Å². The predicted octanol–water partition coefficient (Wildman–Crippen LogP) is 4.72. The Morgan fingerprint density at radius 2 is 1.74 bits per heavy atom. The smallest absolute Gasteiger partial charge is 0.258 e. The lowest BCUT2D eigenvalue weighted by Crippen LogP contribution is -2.47. The number of amides is 2. The lowest BCUT2D eigenvalue weighted by Gasteiger charge is -2.27. The standard InChI is InChI=1S/C34H39N5O4/c1-5-39-29-14-13-27(22-30(29)36(4)32(41)34(2,3)33(39)42)43-21-9-17-37(24-25-10-8-16-35-23-25)19-20-38-18-15-26-11-6-7-12-28(26)31(38)40/h6-8,10-16,18,22-23H,5,9,17,19-21,24H2,1-4H3. The highest BCUT2D eigenvalue weighted by Gasteiger charge is 2.45. The number of aromatic nitrogens is 2. The summed E-state index contributed by atoms with van der Waals surface area (Å²) in [6.07, 6.45) is 6.25. The molecule has 0 radical (unpaired) electrons. The minimum Gasteiger partial charge on any atom is -0.493 e. The summed E-state index contributed by atoms with van der Waals surface area (Å²) in [4.78, 5) is 49.1. The molecule has 1 aliphatic heterocycles. The molecule has 0 aliphatic carbocycles. The van der Waals surface area contributed by atoms with Gasteiger partial charge in [0.1, 0.15) is 11.2 Å². The van der Waals surface area contributed by atoms with Gasteiger partial charge in [0, 0.05) is 69.8 Å². The number of hydrogen-bond acceptors (Lipinski definition) is 6. The number of ether oxygens (including phenoxy) is 1. The molecule has 224 valence electrons. The molecule has 2 aromatic heterocycles. The molecular weight excluding hydrogens is 542 g/mol. The van der Waals surface area contributed by atoms with Crippen molar-refractivity contribution in [2.45, 2.75) is 40.3 Å². The van der Waals surface area contributed by atoms with E-state index < -0.39 is 5.41 Å². The van der Waals surface area contributed by atoms with E-state index in [1.165, 1.54) is 0 Å². The lowest BCUT2D eigenvalue weighted by molar-refractivity contribution is -0.137. The number of fused-ring (bicyclic) bond motifs is 2. The van der Waals surface area contributed by atoms with Gasteiger partial charge in [-0.05, 0) is 68.5 Å². The largest absolute Gasteiger partial charge is 0.493 e. The summed E-state index contributed by atoms with van der Waals surface area (Å²) in [5.41, 5.74) is 1.32. The second-order valence-corrected chi connectivity index (χ2v) is 11.4. The molecule has 0 saturated heterocycles. The first-order valence-corrected chi connectivity index (χ1v) is 14.8. The van der Waals surface area contributed by atoms with Crippen molar-refractivity contribution in [1.82, 2.24) is 14.5 Å². The van der Waals surface area contributed by atoms with E-state index in [-0.39, 0.29) is 17.4 Å². The molecule has 5 rings (SSSR count). The molecule has 2 aromatic carbocycles. The monoisotopic (exact) mass is 581 g/mol. The minimum atomic E-state index is -1.15. The van der Waals surface area contributed by atoms with Crippen molar-refractivity contribution in [3.63, 3.8) is 0 Å². The summed E-state index contributed by atoms with van der Waals surface area (Å²) in [6, 6.07) is 19.2. The van der Waals surface area contributed by atoms with E-state index in [0.717, 1.165) is 29.3 Å². The highest BCUT2D eigenvalue weighted by molar-refractivity contribution is 6.20. The highest BCUT2D eigenvalue weighted by atomic mass is 16.5. The Morgan fingerprint density at radius 3 is 2.51 bits per heavy atom. The molecule has 0 bridgehead atoms. The van der Waals surface area contributed by atoms with Gasteiger partial charge >= 0.3 is 0 Å². The van der Waals surface area contributed by atoms with Crippen LogP contribution < -0.4 is 20.1 Å². The Kier molecular flexibility index (Phi) is 8.92. The summed E-state index contributed by atoms with van der Waals surface area (Å²) in [6.45, 7) is 8.92. The van der Waals surface area contributed by atoms with Crippen molar-refractivity contribution < 1.29 is 14.3 Å². The average Bonchev–Trinajstić information content (AvgIpc) is 3.07. The van der Waals surface area contributed by atoms with E-state index in [1.807, 2.05) is 73.9 Å². The Morgan fingerprint density at radius 1 is 0.930 bits per heavy atom. The Balaban J connectivity index is 1.25. The molecule has 4 aromatic rings. The zero-order valence-electron chi connectivity index (χ0n) is 25.3. The number of hydrogen-bond donors (Lipinski definition) is 0. The lowest BCUT2D eigenvalue weighted by atomic mass is 9.90. The van der Waals surface area contributed by atoms with E-state index in [0.29, 0.717) is 49.9 Å². The molecule has 3 heterocycles. The molecule has 0 fully saturated rings. The summed E-state index contributed by atoms with van der Waals surface area (Å²) < 4.78 is 7.91. The topological polar surface area (TPSA) is 88.0 Å². The molecule has 1 aliphatic rings.